The van der Waals surface area contributed by atoms with Crippen LogP contribution in [-0.2, 0) is 0 Å². The zero-order chi connectivity index (χ0) is 66.6. The van der Waals surface area contributed by atoms with Gasteiger partial charge in [-0.25, -0.2) is 0 Å². The number of nitrogens with zero attached hydrogens (tertiary/aromatic N) is 2. The van der Waals surface area contributed by atoms with E-state index in [4.69, 9.17) is 4.11 Å². The second kappa shape index (κ2) is 20.0. The van der Waals surface area contributed by atoms with Crippen LogP contribution >= 0.6 is 0 Å². The van der Waals surface area contributed by atoms with Crippen LogP contribution < -0.4 is 20.7 Å². The Morgan fingerprint density at radius 2 is 0.739 bits per heavy atom. The van der Waals surface area contributed by atoms with Gasteiger partial charge in [-0.15, -0.1) is 0 Å². The molecular weight excluding hydrogens is 1080 g/mol. The highest BCUT2D eigenvalue weighted by Gasteiger charge is 2.42. The summed E-state index contributed by atoms with van der Waals surface area (Å²) in [6.07, 6.45) is 0. The molecule has 0 amide bonds. The van der Waals surface area contributed by atoms with Gasteiger partial charge in [-0.1, -0.05) is 279 Å². The molecule has 0 spiro atoms. The summed E-state index contributed by atoms with van der Waals surface area (Å²) >= 11 is 0. The molecule has 88 heavy (non-hydrogen) atoms. The van der Waals surface area contributed by atoms with Gasteiger partial charge in [-0.2, -0.15) is 0 Å². The lowest BCUT2D eigenvalue weighted by atomic mass is 9.88. The van der Waals surface area contributed by atoms with Gasteiger partial charge in [0.15, 0.2) is 8.07 Å². The Hall–Kier alpha value is -11.1. The molecule has 18 rings (SSSR count). The van der Waals surface area contributed by atoms with Crippen LogP contribution in [0.3, 0.4) is 0 Å². The molecule has 2 aromatic heterocycles. The summed E-state index contributed by atoms with van der Waals surface area (Å²) in [5.41, 5.74) is 14.7. The molecule has 1 aliphatic carbocycles. The Balaban J connectivity index is 0.972. The van der Waals surface area contributed by atoms with Crippen LogP contribution in [0, 0.1) is 0 Å². The minimum Gasteiger partial charge on any atom is -0.309 e. The molecule has 0 N–H and O–H groups in total. The molecular formula is C85H56N2Si. The van der Waals surface area contributed by atoms with Crippen LogP contribution in [0.1, 0.15) is 36.3 Å². The van der Waals surface area contributed by atoms with Crippen LogP contribution in [0.5, 0.6) is 0 Å². The molecule has 0 saturated heterocycles. The van der Waals surface area contributed by atoms with Gasteiger partial charge in [0.05, 0.1) is 35.8 Å². The molecule has 2 nitrogen and oxygen atoms in total. The average molecular weight is 1140 g/mol. The van der Waals surface area contributed by atoms with Gasteiger partial charge >= 0.3 is 0 Å². The first-order valence-electron chi connectivity index (χ1n) is 34.9. The van der Waals surface area contributed by atoms with Crippen molar-refractivity contribution in [1.29, 1.82) is 0 Å². The topological polar surface area (TPSA) is 9.86 Å². The molecule has 0 unspecified atom stereocenters. The molecule has 0 radical (unpaired) electrons. The van der Waals surface area contributed by atoms with Crippen molar-refractivity contribution in [2.24, 2.45) is 0 Å². The number of aromatic nitrogens is 2. The van der Waals surface area contributed by atoms with E-state index in [1.165, 1.54) is 22.3 Å². The van der Waals surface area contributed by atoms with Crippen molar-refractivity contribution in [2.45, 2.75) is 5.92 Å². The van der Waals surface area contributed by atoms with Crippen molar-refractivity contribution in [2.75, 3.05) is 0 Å². The lowest BCUT2D eigenvalue weighted by molar-refractivity contribution is 1.02. The summed E-state index contributed by atoms with van der Waals surface area (Å²) in [7, 11) is -3.49. The van der Waals surface area contributed by atoms with E-state index in [0.717, 1.165) is 76.1 Å². The van der Waals surface area contributed by atoms with Crippen LogP contribution in [0.15, 0.2) is 333 Å². The predicted molar refractivity (Wildman–Crippen MR) is 375 cm³/mol. The normalized spacial score (nSPS) is 14.1. The van der Waals surface area contributed by atoms with Gasteiger partial charge in [0, 0.05) is 44.2 Å². The summed E-state index contributed by atoms with van der Waals surface area (Å²) in [6.45, 7) is 0. The monoisotopic (exact) mass is 1140 g/mol. The van der Waals surface area contributed by atoms with Gasteiger partial charge in [0.25, 0.3) is 0 Å². The largest absolute Gasteiger partial charge is 0.309 e. The number of fused-ring (bicyclic) bond motifs is 16. The lowest BCUT2D eigenvalue weighted by Crippen LogP contribution is -2.74. The van der Waals surface area contributed by atoms with Gasteiger partial charge < -0.3 is 9.13 Å². The first kappa shape index (κ1) is 41.0. The molecule has 17 aromatic rings. The highest BCUT2D eigenvalue weighted by Crippen LogP contribution is 2.50. The summed E-state index contributed by atoms with van der Waals surface area (Å²) in [6, 6.07) is 91.8. The van der Waals surface area contributed by atoms with Crippen molar-refractivity contribution in [1.82, 2.24) is 9.13 Å². The van der Waals surface area contributed by atoms with E-state index in [0.29, 0.717) is 22.0 Å². The van der Waals surface area contributed by atoms with Gasteiger partial charge in [0.2, 0.25) is 0 Å². The van der Waals surface area contributed by atoms with E-state index < -0.39 is 56.4 Å². The quantitative estimate of drug-likeness (QED) is 0.0774. The fourth-order valence-electron chi connectivity index (χ4n) is 14.8. The van der Waals surface area contributed by atoms with Gasteiger partial charge in [-0.05, 0) is 152 Å². The van der Waals surface area contributed by atoms with E-state index in [-0.39, 0.29) is 55.8 Å². The Morgan fingerprint density at radius 3 is 1.40 bits per heavy atom. The Morgan fingerprint density at radius 1 is 0.273 bits per heavy atom. The van der Waals surface area contributed by atoms with Gasteiger partial charge in [0.1, 0.15) is 0 Å². The van der Waals surface area contributed by atoms with Crippen LogP contribution in [-0.4, -0.2) is 17.2 Å². The van der Waals surface area contributed by atoms with E-state index in [1.54, 1.807) is 0 Å². The predicted octanol–water partition coefficient (Wildman–Crippen LogP) is 19.2. The van der Waals surface area contributed by atoms with Crippen molar-refractivity contribution >= 4 is 105 Å². The molecule has 15 aromatic carbocycles. The second-order valence-corrected chi connectivity index (χ2v) is 26.9. The minimum absolute atomic E-state index is 0.00484. The molecule has 2 heterocycles. The molecule has 0 atom stereocenters. The number of para-hydroxylation sites is 1. The summed E-state index contributed by atoms with van der Waals surface area (Å²) < 4.78 is 101. The molecule has 0 fully saturated rings. The zero-order valence-corrected chi connectivity index (χ0v) is 48.5. The Bertz CT molecular complexity index is 6090. The first-order chi connectivity index (χ1) is 47.8. The standard InChI is InChI=1S/C85H56N2Si/c1-4-23-56(24-5-1)58-27-20-32-64(51-58)88(63-30-8-3-9-31-63,65-33-21-28-59(52-65)57-25-6-2-7-26-57)66-34-22-29-61(54-66)87-81-49-46-62(55-78(81)85-82(87)50-47-76-69-37-11-10-35-67(69)68-36-14-17-43-75(68)84(76)85)86-79-44-19-18-40-72(79)77-53-60(45-48-80(77)86)83-73-41-15-12-38-70(73)71-39-13-16-42-74(71)83/h1-55,83H/i10D,11D,14D,17D,35D,36D,37D,43D,47D,50D. The number of hydrogen-bond donors (Lipinski definition) is 0. The molecule has 3 heteroatoms. The number of rotatable bonds is 9. The minimum atomic E-state index is -3.49. The Labute approximate surface area is 525 Å². The summed E-state index contributed by atoms with van der Waals surface area (Å²) in [5.74, 6) is 0.00484. The van der Waals surface area contributed by atoms with Gasteiger partial charge in [-0.3, -0.25) is 0 Å². The van der Waals surface area contributed by atoms with Crippen LogP contribution in [0.4, 0.5) is 0 Å². The van der Waals surface area contributed by atoms with Crippen molar-refractivity contribution in [3.63, 3.8) is 0 Å². The maximum absolute atomic E-state index is 10.6. The van der Waals surface area contributed by atoms with Crippen LogP contribution in [0.2, 0.25) is 0 Å². The SMILES string of the molecule is [2H]c1c([2H])c([2H])c2c(c1[2H])c1c([2H])c([2H])c([2H])c([2H])c1c1c2c([2H])c([2H])c2c1c1cc(-n3c4ccccc4c4cc(C5c6ccccc6-c6ccccc65)ccc43)ccc1n2-c1cccc([Si](c2ccccc2)(c2cccc(-c3ccccc3)c2)c2cccc(-c3ccccc3)c2)c1. The highest BCUT2D eigenvalue weighted by molar-refractivity contribution is 7.20. The smallest absolute Gasteiger partial charge is 0.179 e. The second-order valence-electron chi connectivity index (χ2n) is 23.1. The molecule has 1 aliphatic rings. The maximum atomic E-state index is 10.6. The van der Waals surface area contributed by atoms with Crippen molar-refractivity contribution in [3.8, 4) is 44.8 Å². The summed E-state index contributed by atoms with van der Waals surface area (Å²) in [4.78, 5) is 0. The average Bonchev–Trinajstić information content (AvgIpc) is 1.24. The van der Waals surface area contributed by atoms with E-state index in [1.807, 2.05) is 34.9 Å². The zero-order valence-electron chi connectivity index (χ0n) is 57.5. The Kier molecular flexibility index (Phi) is 9.33. The fourth-order valence-corrected chi connectivity index (χ4v) is 19.7. The van der Waals surface area contributed by atoms with Crippen molar-refractivity contribution in [3.05, 3.63) is 350 Å². The fraction of sp³-hybridized carbons (Fsp3) is 0.0118. The highest BCUT2D eigenvalue weighted by atomic mass is 28.3. The number of hydrogen-bond acceptors (Lipinski definition) is 0. The first-order valence-corrected chi connectivity index (χ1v) is 31.9. The molecule has 0 bridgehead atoms. The molecule has 0 saturated carbocycles. The molecule has 0 aliphatic heterocycles. The molecule has 410 valence electrons. The third-order valence-corrected chi connectivity index (χ3v) is 23.3. The van der Waals surface area contributed by atoms with E-state index in [9.17, 15) is 9.60 Å². The third kappa shape index (κ3) is 7.54. The third-order valence-electron chi connectivity index (χ3n) is 18.6. The van der Waals surface area contributed by atoms with E-state index >= 15 is 0 Å². The lowest BCUT2D eigenvalue weighted by Gasteiger charge is -2.35. The van der Waals surface area contributed by atoms with Crippen molar-refractivity contribution < 1.29 is 13.7 Å². The summed E-state index contributed by atoms with van der Waals surface area (Å²) in [5, 5.41) is 7.34. The van der Waals surface area contributed by atoms with E-state index in [2.05, 4.69) is 247 Å². The maximum Gasteiger partial charge on any atom is 0.179 e. The number of benzene rings is 15. The van der Waals surface area contributed by atoms with Crippen LogP contribution in [0.25, 0.3) is 121 Å².